The van der Waals surface area contributed by atoms with Crippen molar-refractivity contribution in [3.05, 3.63) is 46.7 Å². The first-order valence-corrected chi connectivity index (χ1v) is 6.69. The molecule has 0 bridgehead atoms. The van der Waals surface area contributed by atoms with Crippen LogP contribution in [0.15, 0.2) is 41.8 Å². The Labute approximate surface area is 119 Å². The van der Waals surface area contributed by atoms with Crippen LogP contribution in [0, 0.1) is 11.3 Å². The van der Waals surface area contributed by atoms with E-state index in [0.29, 0.717) is 16.3 Å². The molecule has 1 heterocycles. The van der Waals surface area contributed by atoms with Crippen LogP contribution in [0.3, 0.4) is 0 Å². The molecule has 5 nitrogen and oxygen atoms in total. The van der Waals surface area contributed by atoms with Crippen LogP contribution in [-0.4, -0.2) is 11.8 Å². The van der Waals surface area contributed by atoms with Gasteiger partial charge in [0.1, 0.15) is 6.42 Å². The molecule has 2 aromatic rings. The number of hydrogen-bond donors (Lipinski definition) is 2. The Morgan fingerprint density at radius 2 is 1.75 bits per heavy atom. The maximum Gasteiger partial charge on any atom is 0.265 e. The van der Waals surface area contributed by atoms with Crippen LogP contribution >= 0.6 is 11.3 Å². The molecule has 0 spiro atoms. The molecule has 6 heteroatoms. The third kappa shape index (κ3) is 3.67. The number of nitriles is 1. The third-order valence-corrected chi connectivity index (χ3v) is 3.28. The Morgan fingerprint density at radius 3 is 2.30 bits per heavy atom. The summed E-state index contributed by atoms with van der Waals surface area (Å²) in [5, 5.41) is 15.6. The number of carbonyl (C=O) groups excluding carboxylic acids is 2. The van der Waals surface area contributed by atoms with E-state index >= 15 is 0 Å². The van der Waals surface area contributed by atoms with E-state index in [1.54, 1.807) is 36.4 Å². The number of nitrogens with zero attached hydrogens (tertiary/aromatic N) is 1. The van der Waals surface area contributed by atoms with Crippen LogP contribution < -0.4 is 10.6 Å². The van der Waals surface area contributed by atoms with Gasteiger partial charge in [0.15, 0.2) is 0 Å². The van der Waals surface area contributed by atoms with Crippen molar-refractivity contribution in [1.82, 2.24) is 0 Å². The van der Waals surface area contributed by atoms with Crippen LogP contribution in [0.5, 0.6) is 0 Å². The summed E-state index contributed by atoms with van der Waals surface area (Å²) in [7, 11) is 0. The smallest absolute Gasteiger partial charge is 0.265 e. The van der Waals surface area contributed by atoms with Gasteiger partial charge in [0.05, 0.1) is 10.9 Å². The number of rotatable bonds is 4. The fourth-order valence-electron chi connectivity index (χ4n) is 1.51. The van der Waals surface area contributed by atoms with Gasteiger partial charge in [0.2, 0.25) is 5.91 Å². The highest BCUT2D eigenvalue weighted by Crippen LogP contribution is 2.16. The Kier molecular flexibility index (Phi) is 4.47. The van der Waals surface area contributed by atoms with Crippen molar-refractivity contribution in [3.63, 3.8) is 0 Å². The van der Waals surface area contributed by atoms with Gasteiger partial charge in [0.25, 0.3) is 5.91 Å². The summed E-state index contributed by atoms with van der Waals surface area (Å²) in [6, 6.07) is 12.0. The second kappa shape index (κ2) is 6.50. The van der Waals surface area contributed by atoms with Gasteiger partial charge in [-0.15, -0.1) is 11.3 Å². The van der Waals surface area contributed by atoms with Crippen LogP contribution in [0.25, 0.3) is 0 Å². The van der Waals surface area contributed by atoms with E-state index in [0.717, 1.165) is 0 Å². The number of amides is 2. The minimum absolute atomic E-state index is 0.165. The molecule has 0 saturated heterocycles. The maximum atomic E-state index is 11.8. The summed E-state index contributed by atoms with van der Waals surface area (Å²) in [4.78, 5) is 23.7. The van der Waals surface area contributed by atoms with Crippen LogP contribution in [0.4, 0.5) is 11.4 Å². The van der Waals surface area contributed by atoms with E-state index in [1.807, 2.05) is 11.4 Å². The molecule has 0 aliphatic rings. The van der Waals surface area contributed by atoms with Gasteiger partial charge in [-0.3, -0.25) is 9.59 Å². The average Bonchev–Trinajstić information content (AvgIpc) is 2.95. The first kappa shape index (κ1) is 13.8. The van der Waals surface area contributed by atoms with Gasteiger partial charge in [-0.05, 0) is 35.7 Å². The molecule has 0 aliphatic heterocycles. The topological polar surface area (TPSA) is 82.0 Å². The van der Waals surface area contributed by atoms with Crippen LogP contribution in [0.1, 0.15) is 16.1 Å². The normalized spacial score (nSPS) is 9.55. The molecule has 0 radical (unpaired) electrons. The molecule has 0 atom stereocenters. The Bertz CT molecular complexity index is 642. The molecule has 2 amide bonds. The quantitative estimate of drug-likeness (QED) is 0.906. The van der Waals surface area contributed by atoms with Gasteiger partial charge in [-0.2, -0.15) is 5.26 Å². The minimum Gasteiger partial charge on any atom is -0.325 e. The van der Waals surface area contributed by atoms with Crippen molar-refractivity contribution in [1.29, 1.82) is 5.26 Å². The molecule has 0 aliphatic carbocycles. The van der Waals surface area contributed by atoms with E-state index in [-0.39, 0.29) is 18.2 Å². The molecule has 100 valence electrons. The summed E-state index contributed by atoms with van der Waals surface area (Å²) in [5.41, 5.74) is 1.22. The lowest BCUT2D eigenvalue weighted by molar-refractivity contribution is -0.115. The number of benzene rings is 1. The first-order chi connectivity index (χ1) is 9.69. The summed E-state index contributed by atoms with van der Waals surface area (Å²) >= 11 is 1.37. The van der Waals surface area contributed by atoms with Crippen molar-refractivity contribution in [2.24, 2.45) is 0 Å². The van der Waals surface area contributed by atoms with Gasteiger partial charge in [0, 0.05) is 11.4 Å². The molecule has 1 aromatic carbocycles. The second-order valence-electron chi connectivity index (χ2n) is 3.89. The zero-order chi connectivity index (χ0) is 14.4. The molecule has 0 fully saturated rings. The standard InChI is InChI=1S/C14H11N3O2S/c15-8-7-13(18)16-10-3-5-11(6-4-10)17-14(19)12-2-1-9-20-12/h1-6,9H,7H2,(H,16,18)(H,17,19). The highest BCUT2D eigenvalue weighted by molar-refractivity contribution is 7.12. The Morgan fingerprint density at radius 1 is 1.10 bits per heavy atom. The predicted molar refractivity (Wildman–Crippen MR) is 77.6 cm³/mol. The Balaban J connectivity index is 1.97. The lowest BCUT2D eigenvalue weighted by Crippen LogP contribution is -2.11. The molecule has 0 saturated carbocycles. The van der Waals surface area contributed by atoms with E-state index in [9.17, 15) is 9.59 Å². The van der Waals surface area contributed by atoms with Crippen molar-refractivity contribution in [2.45, 2.75) is 6.42 Å². The highest BCUT2D eigenvalue weighted by Gasteiger charge is 2.07. The molecule has 2 rings (SSSR count). The van der Waals surface area contributed by atoms with Crippen molar-refractivity contribution in [2.75, 3.05) is 10.6 Å². The van der Waals surface area contributed by atoms with Crippen LogP contribution in [-0.2, 0) is 4.79 Å². The minimum atomic E-state index is -0.358. The highest BCUT2D eigenvalue weighted by atomic mass is 32.1. The number of carbonyl (C=O) groups is 2. The lowest BCUT2D eigenvalue weighted by atomic mass is 10.2. The van der Waals surface area contributed by atoms with Crippen molar-refractivity contribution < 1.29 is 9.59 Å². The van der Waals surface area contributed by atoms with E-state index < -0.39 is 0 Å². The van der Waals surface area contributed by atoms with E-state index in [1.165, 1.54) is 11.3 Å². The van der Waals surface area contributed by atoms with Crippen LogP contribution in [0.2, 0.25) is 0 Å². The summed E-state index contributed by atoms with van der Waals surface area (Å²) < 4.78 is 0. The number of anilines is 2. The van der Waals surface area contributed by atoms with Gasteiger partial charge in [-0.25, -0.2) is 0 Å². The van der Waals surface area contributed by atoms with Crippen molar-refractivity contribution in [3.8, 4) is 6.07 Å². The van der Waals surface area contributed by atoms with E-state index in [4.69, 9.17) is 5.26 Å². The van der Waals surface area contributed by atoms with Crippen molar-refractivity contribution >= 4 is 34.5 Å². The third-order valence-electron chi connectivity index (χ3n) is 2.41. The molecule has 0 unspecified atom stereocenters. The fourth-order valence-corrected chi connectivity index (χ4v) is 2.13. The SMILES string of the molecule is N#CCC(=O)Nc1ccc(NC(=O)c2cccs2)cc1. The number of thiophene rings is 1. The predicted octanol–water partition coefficient (Wildman–Crippen LogP) is 2.85. The first-order valence-electron chi connectivity index (χ1n) is 5.81. The maximum absolute atomic E-state index is 11.8. The molecule has 20 heavy (non-hydrogen) atoms. The zero-order valence-corrected chi connectivity index (χ0v) is 11.2. The molecule has 1 aromatic heterocycles. The van der Waals surface area contributed by atoms with Gasteiger partial charge < -0.3 is 10.6 Å². The summed E-state index contributed by atoms with van der Waals surface area (Å²) in [6.45, 7) is 0. The second-order valence-corrected chi connectivity index (χ2v) is 4.84. The molecular formula is C14H11N3O2S. The average molecular weight is 285 g/mol. The number of hydrogen-bond acceptors (Lipinski definition) is 4. The van der Waals surface area contributed by atoms with Gasteiger partial charge in [-0.1, -0.05) is 6.07 Å². The summed E-state index contributed by atoms with van der Waals surface area (Å²) in [5.74, 6) is -0.524. The largest absolute Gasteiger partial charge is 0.325 e. The fraction of sp³-hybridized carbons (Fsp3) is 0.0714. The lowest BCUT2D eigenvalue weighted by Gasteiger charge is -2.06. The molecule has 2 N–H and O–H groups in total. The number of nitrogens with one attached hydrogen (secondary N) is 2. The van der Waals surface area contributed by atoms with Gasteiger partial charge >= 0.3 is 0 Å². The zero-order valence-electron chi connectivity index (χ0n) is 10.4. The molecular weight excluding hydrogens is 274 g/mol. The Hall–Kier alpha value is -2.65. The monoisotopic (exact) mass is 285 g/mol. The summed E-state index contributed by atoms with van der Waals surface area (Å²) in [6.07, 6.45) is -0.184. The van der Waals surface area contributed by atoms with E-state index in [2.05, 4.69) is 10.6 Å².